The lowest BCUT2D eigenvalue weighted by molar-refractivity contribution is 0.112. The minimum absolute atomic E-state index is 0.522. The van der Waals surface area contributed by atoms with Gasteiger partial charge in [0.15, 0.2) is 12.1 Å². The number of halogens is 1. The molecular formula is C19H22FN5O. The van der Waals surface area contributed by atoms with Crippen molar-refractivity contribution in [3.8, 4) is 5.82 Å². The van der Waals surface area contributed by atoms with Crippen LogP contribution in [-0.2, 0) is 0 Å². The molecule has 3 aromatic rings. The molecule has 0 N–H and O–H groups in total. The van der Waals surface area contributed by atoms with Crippen LogP contribution in [-0.4, -0.2) is 57.0 Å². The Kier molecular flexibility index (Phi) is 5.68. The van der Waals surface area contributed by atoms with Crippen LogP contribution in [0.15, 0.2) is 36.9 Å². The highest BCUT2D eigenvalue weighted by Crippen LogP contribution is 2.19. The second-order valence-corrected chi connectivity index (χ2v) is 6.42. The number of rotatable bonds is 2. The number of likely N-dealkylation sites (tertiary alicyclic amines) is 1. The van der Waals surface area contributed by atoms with Crippen LogP contribution in [0.1, 0.15) is 28.9 Å². The topological polar surface area (TPSA) is 63.9 Å². The van der Waals surface area contributed by atoms with Gasteiger partial charge in [0, 0.05) is 42.6 Å². The molecule has 26 heavy (non-hydrogen) atoms. The Morgan fingerprint density at radius 1 is 1.27 bits per heavy atom. The summed E-state index contributed by atoms with van der Waals surface area (Å²) in [5.41, 5.74) is 2.10. The van der Waals surface area contributed by atoms with Crippen molar-refractivity contribution in [1.82, 2.24) is 24.4 Å². The van der Waals surface area contributed by atoms with Crippen LogP contribution >= 0.6 is 0 Å². The van der Waals surface area contributed by atoms with E-state index in [4.69, 9.17) is 0 Å². The number of pyridine rings is 1. The molecule has 0 unspecified atom stereocenters. The lowest BCUT2D eigenvalue weighted by atomic mass is 10.1. The van der Waals surface area contributed by atoms with Gasteiger partial charge in [0.25, 0.3) is 0 Å². The molecule has 1 fully saturated rings. The maximum absolute atomic E-state index is 12.3. The van der Waals surface area contributed by atoms with Crippen LogP contribution in [0.3, 0.4) is 0 Å². The first kappa shape index (κ1) is 18.1. The highest BCUT2D eigenvalue weighted by Gasteiger charge is 2.14. The fraction of sp³-hybridized carbons (Fsp3) is 0.368. The van der Waals surface area contributed by atoms with Gasteiger partial charge in [-0.25, -0.2) is 14.4 Å². The average molecular weight is 355 g/mol. The van der Waals surface area contributed by atoms with Gasteiger partial charge in [-0.2, -0.15) is 0 Å². The van der Waals surface area contributed by atoms with Crippen molar-refractivity contribution in [3.05, 3.63) is 48.2 Å². The number of carbonyl (C=O) groups excluding carboxylic acids is 1. The van der Waals surface area contributed by atoms with Gasteiger partial charge in [-0.15, -0.1) is 0 Å². The molecule has 3 aromatic heterocycles. The summed E-state index contributed by atoms with van der Waals surface area (Å²) < 4.78 is 14.2. The lowest BCUT2D eigenvalue weighted by Gasteiger charge is -2.23. The van der Waals surface area contributed by atoms with E-state index >= 15 is 0 Å². The van der Waals surface area contributed by atoms with E-state index in [2.05, 4.69) is 19.9 Å². The molecule has 1 aliphatic heterocycles. The molecular weight excluding hydrogens is 333 g/mol. The first-order valence-electron chi connectivity index (χ1n) is 8.61. The highest BCUT2D eigenvalue weighted by molar-refractivity contribution is 5.86. The smallest absolute Gasteiger partial charge is 0.156 e. The highest BCUT2D eigenvalue weighted by atomic mass is 19.1. The number of fused-ring (bicyclic) bond motifs is 1. The summed E-state index contributed by atoms with van der Waals surface area (Å²) in [5, 5.41) is 0.911. The van der Waals surface area contributed by atoms with E-state index in [1.807, 2.05) is 36.9 Å². The summed E-state index contributed by atoms with van der Waals surface area (Å²) >= 11 is 0. The third-order valence-corrected chi connectivity index (χ3v) is 4.46. The summed E-state index contributed by atoms with van der Waals surface area (Å²) in [4.78, 5) is 25.8. The average Bonchev–Trinajstić information content (AvgIpc) is 3.07. The summed E-state index contributed by atoms with van der Waals surface area (Å²) in [5.74, 6) is 0.707. The zero-order chi connectivity index (χ0) is 18.5. The summed E-state index contributed by atoms with van der Waals surface area (Å²) in [6.07, 6.45) is 8.56. The van der Waals surface area contributed by atoms with Crippen LogP contribution < -0.4 is 0 Å². The van der Waals surface area contributed by atoms with E-state index < -0.39 is 6.17 Å². The largest absolute Gasteiger partial charge is 0.306 e. The first-order valence-corrected chi connectivity index (χ1v) is 8.61. The van der Waals surface area contributed by atoms with Gasteiger partial charge in [-0.3, -0.25) is 14.3 Å². The molecule has 0 amide bonds. The second kappa shape index (κ2) is 8.14. The van der Waals surface area contributed by atoms with Crippen molar-refractivity contribution < 1.29 is 9.18 Å². The summed E-state index contributed by atoms with van der Waals surface area (Å²) in [6.45, 7) is 3.68. The maximum atomic E-state index is 12.3. The van der Waals surface area contributed by atoms with Gasteiger partial charge in [0.2, 0.25) is 0 Å². The molecule has 0 aliphatic carbocycles. The Hall–Kier alpha value is -2.67. The number of hydrogen-bond acceptors (Lipinski definition) is 5. The maximum Gasteiger partial charge on any atom is 0.156 e. The van der Waals surface area contributed by atoms with Gasteiger partial charge in [-0.1, -0.05) is 0 Å². The zero-order valence-electron chi connectivity index (χ0n) is 15.0. The number of carbonyl (C=O) groups is 1. The molecule has 0 bridgehead atoms. The predicted molar refractivity (Wildman–Crippen MR) is 98.4 cm³/mol. The van der Waals surface area contributed by atoms with Crippen LogP contribution in [0.5, 0.6) is 0 Å². The first-order chi connectivity index (χ1) is 12.6. The molecule has 136 valence electrons. The Bertz CT molecular complexity index is 862. The van der Waals surface area contributed by atoms with Crippen molar-refractivity contribution in [1.29, 1.82) is 0 Å². The van der Waals surface area contributed by atoms with Gasteiger partial charge in [0.05, 0.1) is 11.9 Å². The quantitative estimate of drug-likeness (QED) is 0.661. The number of aldehydes is 1. The number of aryl methyl sites for hydroxylation is 1. The Morgan fingerprint density at radius 2 is 2.04 bits per heavy atom. The van der Waals surface area contributed by atoms with E-state index in [0.717, 1.165) is 43.3 Å². The standard InChI is InChI=1S/C13H10N4O.C6H12FN/c1-9-11(8-18)6-10-2-5-17(13(10)16-9)12-7-14-3-4-15-12;1-8-4-2-6(7)3-5-8/h2-8H,1H3;6H,2-5H2,1H3. The van der Waals surface area contributed by atoms with Crippen molar-refractivity contribution in [2.75, 3.05) is 20.1 Å². The van der Waals surface area contributed by atoms with Gasteiger partial charge in [0.1, 0.15) is 11.8 Å². The molecule has 1 aliphatic rings. The van der Waals surface area contributed by atoms with E-state index in [9.17, 15) is 9.18 Å². The van der Waals surface area contributed by atoms with Crippen LogP contribution in [0.2, 0.25) is 0 Å². The molecule has 7 heteroatoms. The molecule has 4 heterocycles. The Labute approximate surface area is 151 Å². The zero-order valence-corrected chi connectivity index (χ0v) is 15.0. The van der Waals surface area contributed by atoms with Crippen molar-refractivity contribution >= 4 is 17.3 Å². The van der Waals surface area contributed by atoms with E-state index in [-0.39, 0.29) is 0 Å². The lowest BCUT2D eigenvalue weighted by Crippen LogP contribution is -2.30. The third-order valence-electron chi connectivity index (χ3n) is 4.46. The summed E-state index contributed by atoms with van der Waals surface area (Å²) in [7, 11) is 2.03. The molecule has 0 spiro atoms. The van der Waals surface area contributed by atoms with Gasteiger partial charge in [-0.05, 0) is 38.9 Å². The van der Waals surface area contributed by atoms with E-state index in [1.54, 1.807) is 18.6 Å². The normalized spacial score (nSPS) is 15.5. The number of alkyl halides is 1. The van der Waals surface area contributed by atoms with Crippen molar-refractivity contribution in [2.45, 2.75) is 25.9 Å². The van der Waals surface area contributed by atoms with Crippen molar-refractivity contribution in [3.63, 3.8) is 0 Å². The molecule has 0 saturated carbocycles. The van der Waals surface area contributed by atoms with Crippen LogP contribution in [0.25, 0.3) is 16.9 Å². The van der Waals surface area contributed by atoms with Gasteiger partial charge < -0.3 is 4.90 Å². The second-order valence-electron chi connectivity index (χ2n) is 6.42. The van der Waals surface area contributed by atoms with E-state index in [0.29, 0.717) is 17.1 Å². The minimum Gasteiger partial charge on any atom is -0.306 e. The van der Waals surface area contributed by atoms with Crippen LogP contribution in [0.4, 0.5) is 4.39 Å². The van der Waals surface area contributed by atoms with Crippen molar-refractivity contribution in [2.24, 2.45) is 0 Å². The molecule has 0 radical (unpaired) electrons. The fourth-order valence-electron chi connectivity index (χ4n) is 2.86. The molecule has 0 aromatic carbocycles. The Balaban J connectivity index is 0.000000206. The molecule has 1 saturated heterocycles. The predicted octanol–water partition coefficient (Wildman–Crippen LogP) is 2.99. The number of nitrogens with zero attached hydrogens (tertiary/aromatic N) is 5. The monoisotopic (exact) mass is 355 g/mol. The number of hydrogen-bond donors (Lipinski definition) is 0. The van der Waals surface area contributed by atoms with E-state index in [1.165, 1.54) is 0 Å². The molecule has 0 atom stereocenters. The number of aromatic nitrogens is 4. The van der Waals surface area contributed by atoms with Crippen LogP contribution in [0, 0.1) is 6.92 Å². The number of piperidine rings is 1. The third kappa shape index (κ3) is 4.11. The summed E-state index contributed by atoms with van der Waals surface area (Å²) in [6, 6.07) is 3.74. The molecule has 4 rings (SSSR count). The SMILES string of the molecule is CN1CCC(F)CC1.Cc1nc2c(ccn2-c2cnccn2)cc1C=O. The van der Waals surface area contributed by atoms with Gasteiger partial charge >= 0.3 is 0 Å². The fourth-order valence-corrected chi connectivity index (χ4v) is 2.86. The minimum atomic E-state index is -0.522. The Morgan fingerprint density at radius 3 is 2.65 bits per heavy atom. The molecule has 6 nitrogen and oxygen atoms in total.